The van der Waals surface area contributed by atoms with Gasteiger partial charge >= 0.3 is 5.97 Å². The number of aryl methyl sites for hydroxylation is 2. The van der Waals surface area contributed by atoms with E-state index in [1.807, 2.05) is 0 Å². The van der Waals surface area contributed by atoms with Crippen molar-refractivity contribution in [1.29, 1.82) is 0 Å². The average molecular weight is 309 g/mol. The molecule has 2 N–H and O–H groups in total. The maximum atomic E-state index is 12.1. The number of carboxylic acid groups (broad SMARTS) is 1. The fourth-order valence-corrected chi connectivity index (χ4v) is 2.21. The van der Waals surface area contributed by atoms with Crippen molar-refractivity contribution in [2.75, 3.05) is 5.32 Å². The Labute approximate surface area is 125 Å². The van der Waals surface area contributed by atoms with Gasteiger partial charge in [-0.3, -0.25) is 4.79 Å². The SMILES string of the molecule is Cc1noc(C)c1CC(=O)Nc1cccc(Cl)c1C(=O)O. The van der Waals surface area contributed by atoms with Gasteiger partial charge in [-0.25, -0.2) is 4.79 Å². The van der Waals surface area contributed by atoms with Gasteiger partial charge in [0.15, 0.2) is 0 Å². The summed E-state index contributed by atoms with van der Waals surface area (Å²) in [4.78, 5) is 23.2. The van der Waals surface area contributed by atoms with Crippen molar-refractivity contribution in [3.05, 3.63) is 45.8 Å². The summed E-state index contributed by atoms with van der Waals surface area (Å²) >= 11 is 5.84. The predicted molar refractivity (Wildman–Crippen MR) is 76.7 cm³/mol. The van der Waals surface area contributed by atoms with Crippen molar-refractivity contribution in [3.8, 4) is 0 Å². The van der Waals surface area contributed by atoms with Crippen molar-refractivity contribution in [2.24, 2.45) is 0 Å². The van der Waals surface area contributed by atoms with Crippen LogP contribution < -0.4 is 5.32 Å². The van der Waals surface area contributed by atoms with E-state index in [1.54, 1.807) is 19.9 Å². The number of rotatable bonds is 4. The van der Waals surface area contributed by atoms with E-state index in [4.69, 9.17) is 21.2 Å². The third kappa shape index (κ3) is 3.22. The lowest BCUT2D eigenvalue weighted by atomic mass is 10.1. The predicted octanol–water partition coefficient (Wildman–Crippen LogP) is 2.82. The lowest BCUT2D eigenvalue weighted by molar-refractivity contribution is -0.115. The molecule has 2 rings (SSSR count). The lowest BCUT2D eigenvalue weighted by Crippen LogP contribution is -2.17. The summed E-state index contributed by atoms with van der Waals surface area (Å²) in [7, 11) is 0. The van der Waals surface area contributed by atoms with E-state index in [1.165, 1.54) is 12.1 Å². The van der Waals surface area contributed by atoms with E-state index in [2.05, 4.69) is 10.5 Å². The summed E-state index contributed by atoms with van der Waals surface area (Å²) in [6, 6.07) is 4.51. The first-order valence-electron chi connectivity index (χ1n) is 6.13. The minimum Gasteiger partial charge on any atom is -0.478 e. The molecule has 2 aromatic rings. The van der Waals surface area contributed by atoms with Gasteiger partial charge in [-0.05, 0) is 26.0 Å². The Morgan fingerprint density at radius 3 is 2.67 bits per heavy atom. The molecule has 1 aromatic heterocycles. The zero-order valence-electron chi connectivity index (χ0n) is 11.4. The molecule has 0 radical (unpaired) electrons. The molecule has 0 fully saturated rings. The molecule has 0 bridgehead atoms. The number of nitrogens with zero attached hydrogens (tertiary/aromatic N) is 1. The van der Waals surface area contributed by atoms with Crippen molar-refractivity contribution in [2.45, 2.75) is 20.3 Å². The number of aromatic nitrogens is 1. The van der Waals surface area contributed by atoms with Crippen molar-refractivity contribution < 1.29 is 19.2 Å². The number of anilines is 1. The summed E-state index contributed by atoms with van der Waals surface area (Å²) < 4.78 is 4.98. The van der Waals surface area contributed by atoms with E-state index in [9.17, 15) is 9.59 Å². The molecule has 110 valence electrons. The molecule has 1 heterocycles. The van der Waals surface area contributed by atoms with Crippen LogP contribution in [0.5, 0.6) is 0 Å². The van der Waals surface area contributed by atoms with Crippen molar-refractivity contribution in [1.82, 2.24) is 5.16 Å². The molecule has 1 amide bonds. The van der Waals surface area contributed by atoms with Gasteiger partial charge in [0, 0.05) is 5.56 Å². The van der Waals surface area contributed by atoms with Crippen LogP contribution in [0.1, 0.15) is 27.4 Å². The molecule has 0 unspecified atom stereocenters. The maximum absolute atomic E-state index is 12.1. The van der Waals surface area contributed by atoms with Crippen LogP contribution in [0.3, 0.4) is 0 Å². The van der Waals surface area contributed by atoms with Gasteiger partial charge in [0.25, 0.3) is 0 Å². The molecule has 0 saturated carbocycles. The fraction of sp³-hybridized carbons (Fsp3) is 0.214. The van der Waals surface area contributed by atoms with Gasteiger partial charge in [-0.2, -0.15) is 0 Å². The monoisotopic (exact) mass is 308 g/mol. The molecule has 0 saturated heterocycles. The Balaban J connectivity index is 2.21. The number of carbonyl (C=O) groups excluding carboxylic acids is 1. The number of nitrogens with one attached hydrogen (secondary N) is 1. The van der Waals surface area contributed by atoms with Crippen LogP contribution in [-0.4, -0.2) is 22.1 Å². The minimum absolute atomic E-state index is 0.0484. The highest BCUT2D eigenvalue weighted by Crippen LogP contribution is 2.24. The second-order valence-corrected chi connectivity index (χ2v) is 4.90. The van der Waals surface area contributed by atoms with Crippen LogP contribution >= 0.6 is 11.6 Å². The first kappa shape index (κ1) is 15.1. The Bertz CT molecular complexity index is 689. The summed E-state index contributed by atoms with van der Waals surface area (Å²) in [5.41, 5.74) is 1.34. The molecule has 0 aliphatic rings. The Morgan fingerprint density at radius 1 is 1.38 bits per heavy atom. The quantitative estimate of drug-likeness (QED) is 0.906. The van der Waals surface area contributed by atoms with Crippen molar-refractivity contribution in [3.63, 3.8) is 0 Å². The van der Waals surface area contributed by atoms with E-state index in [-0.39, 0.29) is 28.6 Å². The van der Waals surface area contributed by atoms with Gasteiger partial charge in [-0.1, -0.05) is 22.8 Å². The topological polar surface area (TPSA) is 92.4 Å². The molecule has 0 atom stereocenters. The summed E-state index contributed by atoms with van der Waals surface area (Å²) in [5, 5.41) is 15.5. The molecule has 7 heteroatoms. The number of halogens is 1. The number of hydrogen-bond donors (Lipinski definition) is 2. The minimum atomic E-state index is -1.20. The molecule has 1 aromatic carbocycles. The fourth-order valence-electron chi connectivity index (χ4n) is 1.95. The number of benzene rings is 1. The van der Waals surface area contributed by atoms with Gasteiger partial charge < -0.3 is 14.9 Å². The molecule has 0 aliphatic carbocycles. The molecular formula is C14H13ClN2O4. The largest absolute Gasteiger partial charge is 0.478 e. The zero-order chi connectivity index (χ0) is 15.6. The number of carboxylic acids is 1. The molecule has 6 nitrogen and oxygen atoms in total. The van der Waals surface area contributed by atoms with Gasteiger partial charge in [0.2, 0.25) is 5.91 Å². The molecule has 21 heavy (non-hydrogen) atoms. The van der Waals surface area contributed by atoms with Gasteiger partial charge in [0.1, 0.15) is 11.3 Å². The number of aromatic carboxylic acids is 1. The maximum Gasteiger partial charge on any atom is 0.339 e. The third-order valence-corrected chi connectivity index (χ3v) is 3.34. The van der Waals surface area contributed by atoms with Crippen LogP contribution in [0.2, 0.25) is 5.02 Å². The van der Waals surface area contributed by atoms with Crippen molar-refractivity contribution >= 4 is 29.2 Å². The second-order valence-electron chi connectivity index (χ2n) is 4.50. The molecular weight excluding hydrogens is 296 g/mol. The Morgan fingerprint density at radius 2 is 2.10 bits per heavy atom. The first-order chi connectivity index (χ1) is 9.90. The van der Waals surface area contributed by atoms with E-state index >= 15 is 0 Å². The van der Waals surface area contributed by atoms with Crippen LogP contribution in [0.4, 0.5) is 5.69 Å². The van der Waals surface area contributed by atoms with E-state index in [0.717, 1.165) is 0 Å². The third-order valence-electron chi connectivity index (χ3n) is 3.02. The standard InChI is InChI=1S/C14H13ClN2O4/c1-7-9(8(2)21-17-7)6-12(18)16-11-5-3-4-10(15)13(11)14(19)20/h3-5H,6H2,1-2H3,(H,16,18)(H,19,20). The smallest absolute Gasteiger partial charge is 0.339 e. The van der Waals surface area contributed by atoms with E-state index < -0.39 is 5.97 Å². The number of hydrogen-bond acceptors (Lipinski definition) is 4. The summed E-state index contributed by atoms with van der Waals surface area (Å²) in [5.74, 6) is -1.00. The van der Waals surface area contributed by atoms with Crippen LogP contribution in [0, 0.1) is 13.8 Å². The summed E-state index contributed by atoms with van der Waals surface area (Å²) in [6.45, 7) is 3.45. The lowest BCUT2D eigenvalue weighted by Gasteiger charge is -2.09. The van der Waals surface area contributed by atoms with Crippen LogP contribution in [0.25, 0.3) is 0 Å². The van der Waals surface area contributed by atoms with E-state index in [0.29, 0.717) is 17.0 Å². The van der Waals surface area contributed by atoms with Crippen LogP contribution in [-0.2, 0) is 11.2 Å². The average Bonchev–Trinajstić information content (AvgIpc) is 2.70. The Kier molecular flexibility index (Phi) is 4.28. The number of amides is 1. The molecule has 0 aliphatic heterocycles. The molecule has 0 spiro atoms. The highest BCUT2D eigenvalue weighted by atomic mass is 35.5. The Hall–Kier alpha value is -2.34. The first-order valence-corrected chi connectivity index (χ1v) is 6.51. The van der Waals surface area contributed by atoms with Crippen LogP contribution in [0.15, 0.2) is 22.7 Å². The number of carbonyl (C=O) groups is 2. The second kappa shape index (κ2) is 5.97. The highest BCUT2D eigenvalue weighted by Gasteiger charge is 2.18. The summed E-state index contributed by atoms with van der Waals surface area (Å²) in [6.07, 6.45) is 0.0484. The van der Waals surface area contributed by atoms with Gasteiger partial charge in [-0.15, -0.1) is 0 Å². The van der Waals surface area contributed by atoms with Gasteiger partial charge in [0.05, 0.1) is 22.8 Å². The highest BCUT2D eigenvalue weighted by molar-refractivity contribution is 6.34. The normalized spacial score (nSPS) is 10.4. The zero-order valence-corrected chi connectivity index (χ0v) is 12.2.